The maximum Gasteiger partial charge on any atom is 0.456 e. The van der Waals surface area contributed by atoms with Gasteiger partial charge in [-0.25, -0.2) is 17.2 Å². The Hall–Kier alpha value is -3.54. The van der Waals surface area contributed by atoms with E-state index in [9.17, 15) is 43.9 Å². The van der Waals surface area contributed by atoms with Crippen molar-refractivity contribution in [3.8, 4) is 11.8 Å². The molecular formula is C22H18F7N3O4S. The molecule has 37 heavy (non-hydrogen) atoms. The number of nitriles is 1. The maximum absolute atomic E-state index is 14.3. The molecule has 3 rings (SSSR count). The quantitative estimate of drug-likeness (QED) is 0.506. The van der Waals surface area contributed by atoms with Crippen molar-refractivity contribution < 1.29 is 48.7 Å². The van der Waals surface area contributed by atoms with E-state index in [1.165, 1.54) is 11.0 Å². The molecule has 15 heteroatoms. The lowest BCUT2D eigenvalue weighted by Gasteiger charge is -2.36. The Morgan fingerprint density at radius 2 is 1.65 bits per heavy atom. The molecule has 0 spiro atoms. The fourth-order valence-electron chi connectivity index (χ4n) is 3.47. The zero-order chi connectivity index (χ0) is 27.8. The van der Waals surface area contributed by atoms with Crippen molar-refractivity contribution in [3.05, 3.63) is 53.1 Å². The summed E-state index contributed by atoms with van der Waals surface area (Å²) in [5.74, 6) is -8.69. The summed E-state index contributed by atoms with van der Waals surface area (Å²) in [6, 6.07) is 5.56. The largest absolute Gasteiger partial charge is 0.486 e. The standard InChI is InChI=1S/C22H18F7N3O4S/c1-37(34,35)14-2-3-19(36-12-21(25,26)22(27,28)29)15(9-14)20(33)32-6-4-31(5-7-32)18-10-16(23)13(11-30)8-17(18)24/h2-3,8-10H,4-7,12H2,1H3. The molecule has 0 unspecified atom stereocenters. The van der Waals surface area contributed by atoms with Crippen molar-refractivity contribution in [2.75, 3.05) is 43.9 Å². The summed E-state index contributed by atoms with van der Waals surface area (Å²) in [5.41, 5.74) is -1.23. The number of hydrogen-bond acceptors (Lipinski definition) is 6. The number of amides is 1. The summed E-state index contributed by atoms with van der Waals surface area (Å²) >= 11 is 0. The van der Waals surface area contributed by atoms with Crippen LogP contribution in [0.4, 0.5) is 36.4 Å². The number of carbonyl (C=O) groups excluding carboxylic acids is 1. The highest BCUT2D eigenvalue weighted by molar-refractivity contribution is 7.90. The second-order valence-electron chi connectivity index (χ2n) is 8.10. The molecule has 0 atom stereocenters. The summed E-state index contributed by atoms with van der Waals surface area (Å²) in [6.45, 7) is -2.47. The molecular weight excluding hydrogens is 535 g/mol. The van der Waals surface area contributed by atoms with Gasteiger partial charge in [-0.2, -0.15) is 27.2 Å². The van der Waals surface area contributed by atoms with Crippen molar-refractivity contribution in [2.45, 2.75) is 17.0 Å². The molecule has 1 heterocycles. The molecule has 0 saturated carbocycles. The van der Waals surface area contributed by atoms with Crippen molar-refractivity contribution >= 4 is 21.4 Å². The number of halogens is 7. The van der Waals surface area contributed by atoms with E-state index < -0.39 is 67.9 Å². The Balaban J connectivity index is 1.84. The van der Waals surface area contributed by atoms with Gasteiger partial charge in [-0.3, -0.25) is 4.79 Å². The number of sulfone groups is 1. The highest BCUT2D eigenvalue weighted by atomic mass is 32.2. The lowest BCUT2D eigenvalue weighted by molar-refractivity contribution is -0.290. The molecule has 1 aliphatic heterocycles. The Kier molecular flexibility index (Phi) is 7.64. The van der Waals surface area contributed by atoms with Crippen molar-refractivity contribution in [1.82, 2.24) is 4.90 Å². The van der Waals surface area contributed by atoms with E-state index in [4.69, 9.17) is 5.26 Å². The minimum absolute atomic E-state index is 0.0396. The number of alkyl halides is 5. The third kappa shape index (κ3) is 6.07. The van der Waals surface area contributed by atoms with Gasteiger partial charge in [-0.05, 0) is 24.3 Å². The average molecular weight is 553 g/mol. The van der Waals surface area contributed by atoms with Gasteiger partial charge in [0.15, 0.2) is 16.4 Å². The summed E-state index contributed by atoms with van der Waals surface area (Å²) < 4.78 is 121. The van der Waals surface area contributed by atoms with Crippen LogP contribution in [-0.2, 0) is 9.84 Å². The van der Waals surface area contributed by atoms with Crippen molar-refractivity contribution in [3.63, 3.8) is 0 Å². The van der Waals surface area contributed by atoms with Gasteiger partial charge in [-0.15, -0.1) is 0 Å². The fourth-order valence-corrected chi connectivity index (χ4v) is 4.12. The van der Waals surface area contributed by atoms with Gasteiger partial charge in [-0.1, -0.05) is 0 Å². The molecule has 7 nitrogen and oxygen atoms in total. The molecule has 0 aliphatic carbocycles. The number of benzene rings is 2. The zero-order valence-corrected chi connectivity index (χ0v) is 19.8. The lowest BCUT2D eigenvalue weighted by Crippen LogP contribution is -2.49. The van der Waals surface area contributed by atoms with Crippen LogP contribution in [0.1, 0.15) is 15.9 Å². The summed E-state index contributed by atoms with van der Waals surface area (Å²) in [4.78, 5) is 15.2. The third-order valence-corrected chi connectivity index (χ3v) is 6.61. The smallest absolute Gasteiger partial charge is 0.456 e. The maximum atomic E-state index is 14.3. The van der Waals surface area contributed by atoms with Crippen LogP contribution < -0.4 is 9.64 Å². The molecule has 1 fully saturated rings. The summed E-state index contributed by atoms with van der Waals surface area (Å²) in [5, 5.41) is 8.80. The van der Waals surface area contributed by atoms with Crippen LogP contribution in [0.2, 0.25) is 0 Å². The molecule has 0 aromatic heterocycles. The number of carbonyl (C=O) groups is 1. The van der Waals surface area contributed by atoms with E-state index in [0.717, 1.165) is 41.5 Å². The second-order valence-corrected chi connectivity index (χ2v) is 10.1. The monoisotopic (exact) mass is 553 g/mol. The topological polar surface area (TPSA) is 90.7 Å². The lowest BCUT2D eigenvalue weighted by atomic mass is 10.1. The van der Waals surface area contributed by atoms with Gasteiger partial charge in [0.1, 0.15) is 23.5 Å². The molecule has 2 aromatic carbocycles. The molecule has 2 aromatic rings. The molecule has 0 N–H and O–H groups in total. The minimum atomic E-state index is -5.92. The van der Waals surface area contributed by atoms with Crippen LogP contribution in [0.3, 0.4) is 0 Å². The first-order chi connectivity index (χ1) is 17.0. The van der Waals surface area contributed by atoms with E-state index in [1.54, 1.807) is 0 Å². The molecule has 0 bridgehead atoms. The molecule has 1 amide bonds. The Labute approximate surface area is 206 Å². The van der Waals surface area contributed by atoms with E-state index in [-0.39, 0.29) is 31.9 Å². The summed E-state index contributed by atoms with van der Waals surface area (Å²) in [6.07, 6.45) is -5.11. The van der Waals surface area contributed by atoms with E-state index in [2.05, 4.69) is 4.74 Å². The fraction of sp³-hybridized carbons (Fsp3) is 0.364. The highest BCUT2D eigenvalue weighted by Gasteiger charge is 2.58. The van der Waals surface area contributed by atoms with Gasteiger partial charge >= 0.3 is 12.1 Å². The van der Waals surface area contributed by atoms with Gasteiger partial charge in [0.05, 0.1) is 21.7 Å². The molecule has 0 radical (unpaired) electrons. The predicted molar refractivity (Wildman–Crippen MR) is 115 cm³/mol. The van der Waals surface area contributed by atoms with Crippen LogP contribution in [0.5, 0.6) is 5.75 Å². The number of anilines is 1. The van der Waals surface area contributed by atoms with Gasteiger partial charge in [0.25, 0.3) is 5.91 Å². The average Bonchev–Trinajstić information content (AvgIpc) is 2.82. The van der Waals surface area contributed by atoms with Crippen molar-refractivity contribution in [1.29, 1.82) is 5.26 Å². The first kappa shape index (κ1) is 28.0. The molecule has 1 aliphatic rings. The first-order valence-electron chi connectivity index (χ1n) is 10.4. The Morgan fingerprint density at radius 1 is 1.03 bits per heavy atom. The van der Waals surface area contributed by atoms with Crippen LogP contribution in [0.25, 0.3) is 0 Å². The van der Waals surface area contributed by atoms with Crippen LogP contribution in [-0.4, -0.2) is 70.4 Å². The number of piperazine rings is 1. The van der Waals surface area contributed by atoms with Gasteiger partial charge in [0, 0.05) is 38.5 Å². The van der Waals surface area contributed by atoms with Gasteiger partial charge in [0.2, 0.25) is 0 Å². The highest BCUT2D eigenvalue weighted by Crippen LogP contribution is 2.36. The summed E-state index contributed by atoms with van der Waals surface area (Å²) in [7, 11) is -3.90. The SMILES string of the molecule is CS(=O)(=O)c1ccc(OCC(F)(F)C(F)(F)F)c(C(=O)N2CCN(c3cc(F)c(C#N)cc3F)CC2)c1. The first-order valence-corrected chi connectivity index (χ1v) is 12.3. The minimum Gasteiger partial charge on any atom is -0.486 e. The van der Waals surface area contributed by atoms with Crippen LogP contribution in [0, 0.1) is 23.0 Å². The molecule has 1 saturated heterocycles. The molecule has 200 valence electrons. The number of ether oxygens (including phenoxy) is 1. The predicted octanol–water partition coefficient (Wildman–Crippen LogP) is 3.78. The Morgan fingerprint density at radius 3 is 2.19 bits per heavy atom. The van der Waals surface area contributed by atoms with Crippen molar-refractivity contribution in [2.24, 2.45) is 0 Å². The van der Waals surface area contributed by atoms with E-state index >= 15 is 0 Å². The van der Waals surface area contributed by atoms with Gasteiger partial charge < -0.3 is 14.5 Å². The van der Waals surface area contributed by atoms with E-state index in [1.807, 2.05) is 0 Å². The Bertz CT molecular complexity index is 1350. The number of nitrogens with zero attached hydrogens (tertiary/aromatic N) is 3. The van der Waals surface area contributed by atoms with Crippen LogP contribution >= 0.6 is 0 Å². The number of hydrogen-bond donors (Lipinski definition) is 0. The third-order valence-electron chi connectivity index (χ3n) is 5.50. The van der Waals surface area contributed by atoms with Crippen LogP contribution in [0.15, 0.2) is 35.2 Å². The second kappa shape index (κ2) is 10.1. The zero-order valence-electron chi connectivity index (χ0n) is 19.0. The normalized spacial score (nSPS) is 14.9. The number of rotatable bonds is 6. The van der Waals surface area contributed by atoms with E-state index in [0.29, 0.717) is 0 Å².